The predicted octanol–water partition coefficient (Wildman–Crippen LogP) is 3.55. The number of rotatable bonds is 2. The first-order valence-electron chi connectivity index (χ1n) is 5.77. The molecule has 1 aliphatic rings. The topological polar surface area (TPSA) is 16.1 Å². The fourth-order valence-corrected chi connectivity index (χ4v) is 2.80. The van der Waals surface area contributed by atoms with E-state index in [-0.39, 0.29) is 5.82 Å². The summed E-state index contributed by atoms with van der Waals surface area (Å²) in [6.45, 7) is 1.93. The van der Waals surface area contributed by atoms with E-state index in [2.05, 4.69) is 9.88 Å². The van der Waals surface area contributed by atoms with Crippen molar-refractivity contribution in [2.45, 2.75) is 12.8 Å². The molecule has 1 aromatic carbocycles. The van der Waals surface area contributed by atoms with Gasteiger partial charge in [0.15, 0.2) is 0 Å². The zero-order valence-electron chi connectivity index (χ0n) is 9.40. The number of anilines is 1. The predicted molar refractivity (Wildman–Crippen MR) is 69.0 cm³/mol. The Morgan fingerprint density at radius 3 is 2.71 bits per heavy atom. The van der Waals surface area contributed by atoms with Gasteiger partial charge in [-0.3, -0.25) is 0 Å². The second-order valence-electron chi connectivity index (χ2n) is 4.23. The molecule has 3 rings (SSSR count). The second-order valence-corrected chi connectivity index (χ2v) is 4.95. The van der Waals surface area contributed by atoms with E-state index in [0.717, 1.165) is 42.9 Å². The van der Waals surface area contributed by atoms with Gasteiger partial charge in [-0.15, -0.1) is 11.3 Å². The Morgan fingerprint density at radius 2 is 2.06 bits per heavy atom. The van der Waals surface area contributed by atoms with Crippen molar-refractivity contribution in [2.24, 2.45) is 0 Å². The molecule has 0 saturated carbocycles. The summed E-state index contributed by atoms with van der Waals surface area (Å²) in [6, 6.07) is 5.41. The van der Waals surface area contributed by atoms with E-state index in [1.54, 1.807) is 11.6 Å². The summed E-state index contributed by atoms with van der Waals surface area (Å²) in [5, 5.41) is 1.93. The molecule has 2 aromatic rings. The smallest absolute Gasteiger partial charge is 0.147 e. The Balaban J connectivity index is 1.94. The van der Waals surface area contributed by atoms with E-state index in [0.29, 0.717) is 0 Å². The molecule has 0 aliphatic carbocycles. The number of aromatic nitrogens is 1. The maximum absolute atomic E-state index is 14.0. The maximum Gasteiger partial charge on any atom is 0.147 e. The minimum absolute atomic E-state index is 0.141. The molecule has 1 fully saturated rings. The third kappa shape index (κ3) is 2.05. The molecular weight excluding hydrogens is 235 g/mol. The first-order valence-corrected chi connectivity index (χ1v) is 6.72. The van der Waals surface area contributed by atoms with Gasteiger partial charge in [-0.1, -0.05) is 6.07 Å². The number of thiazole rings is 1. The fraction of sp³-hybridized carbons (Fsp3) is 0.308. The lowest BCUT2D eigenvalue weighted by atomic mass is 10.1. The Kier molecular flexibility index (Phi) is 2.81. The van der Waals surface area contributed by atoms with Crippen molar-refractivity contribution < 1.29 is 4.39 Å². The summed E-state index contributed by atoms with van der Waals surface area (Å²) >= 11 is 1.53. The van der Waals surface area contributed by atoms with Crippen LogP contribution < -0.4 is 4.90 Å². The van der Waals surface area contributed by atoms with Gasteiger partial charge in [0, 0.05) is 24.0 Å². The van der Waals surface area contributed by atoms with Gasteiger partial charge in [0.05, 0.1) is 16.9 Å². The highest BCUT2D eigenvalue weighted by atomic mass is 32.1. The lowest BCUT2D eigenvalue weighted by molar-refractivity contribution is 0.623. The molecule has 2 heterocycles. The van der Waals surface area contributed by atoms with E-state index >= 15 is 0 Å². The average Bonchev–Trinajstić information content (AvgIpc) is 3.02. The van der Waals surface area contributed by atoms with Crippen molar-refractivity contribution >= 4 is 17.0 Å². The van der Waals surface area contributed by atoms with Crippen LogP contribution in [0.1, 0.15) is 12.8 Å². The van der Waals surface area contributed by atoms with E-state index in [9.17, 15) is 4.39 Å². The molecule has 2 nitrogen and oxygen atoms in total. The van der Waals surface area contributed by atoms with Crippen LogP contribution in [0.15, 0.2) is 29.1 Å². The Labute approximate surface area is 104 Å². The van der Waals surface area contributed by atoms with Gasteiger partial charge in [0.2, 0.25) is 0 Å². The molecule has 17 heavy (non-hydrogen) atoms. The molecule has 1 aromatic heterocycles. The monoisotopic (exact) mass is 248 g/mol. The van der Waals surface area contributed by atoms with Crippen LogP contribution in [0.4, 0.5) is 10.1 Å². The summed E-state index contributed by atoms with van der Waals surface area (Å²) in [7, 11) is 0. The first-order chi connectivity index (χ1) is 8.34. The zero-order valence-corrected chi connectivity index (χ0v) is 10.2. The van der Waals surface area contributed by atoms with Gasteiger partial charge in [0.25, 0.3) is 0 Å². The van der Waals surface area contributed by atoms with Crippen LogP contribution in [-0.4, -0.2) is 18.1 Å². The standard InChI is InChI=1S/C13H13FN2S/c14-11-7-10(12-8-17-9-15-12)3-4-13(11)16-5-1-2-6-16/h3-4,7-9H,1-2,5-6H2. The summed E-state index contributed by atoms with van der Waals surface area (Å²) in [5.74, 6) is -0.141. The van der Waals surface area contributed by atoms with Gasteiger partial charge >= 0.3 is 0 Å². The minimum atomic E-state index is -0.141. The Hall–Kier alpha value is -1.42. The Bertz CT molecular complexity index is 504. The van der Waals surface area contributed by atoms with Crippen LogP contribution in [0.2, 0.25) is 0 Å². The second kappa shape index (κ2) is 4.45. The van der Waals surface area contributed by atoms with Crippen LogP contribution in [0, 0.1) is 5.82 Å². The Morgan fingerprint density at radius 1 is 1.24 bits per heavy atom. The summed E-state index contributed by atoms with van der Waals surface area (Å²) in [4.78, 5) is 6.30. The average molecular weight is 248 g/mol. The van der Waals surface area contributed by atoms with E-state index in [4.69, 9.17) is 0 Å². The number of hydrogen-bond donors (Lipinski definition) is 0. The lowest BCUT2D eigenvalue weighted by Crippen LogP contribution is -2.18. The molecule has 88 valence electrons. The highest BCUT2D eigenvalue weighted by Gasteiger charge is 2.16. The molecule has 0 radical (unpaired) electrons. The van der Waals surface area contributed by atoms with Crippen molar-refractivity contribution in [1.29, 1.82) is 0 Å². The molecule has 0 amide bonds. The number of halogens is 1. The highest BCUT2D eigenvalue weighted by Crippen LogP contribution is 2.28. The molecular formula is C13H13FN2S. The van der Waals surface area contributed by atoms with Crippen molar-refractivity contribution in [3.63, 3.8) is 0 Å². The molecule has 0 spiro atoms. The van der Waals surface area contributed by atoms with Crippen molar-refractivity contribution in [1.82, 2.24) is 4.98 Å². The molecule has 0 bridgehead atoms. The molecule has 0 unspecified atom stereocenters. The van der Waals surface area contributed by atoms with Crippen molar-refractivity contribution in [3.05, 3.63) is 34.9 Å². The highest BCUT2D eigenvalue weighted by molar-refractivity contribution is 7.07. The molecule has 0 atom stereocenters. The summed E-state index contributed by atoms with van der Waals surface area (Å²) < 4.78 is 14.0. The number of hydrogen-bond acceptors (Lipinski definition) is 3. The zero-order chi connectivity index (χ0) is 11.7. The van der Waals surface area contributed by atoms with Gasteiger partial charge in [-0.05, 0) is 25.0 Å². The summed E-state index contributed by atoms with van der Waals surface area (Å²) in [6.07, 6.45) is 2.32. The van der Waals surface area contributed by atoms with E-state index < -0.39 is 0 Å². The van der Waals surface area contributed by atoms with Gasteiger partial charge in [-0.2, -0.15) is 0 Å². The maximum atomic E-state index is 14.0. The normalized spacial score (nSPS) is 15.5. The third-order valence-corrected chi connectivity index (χ3v) is 3.71. The SMILES string of the molecule is Fc1cc(-c2cscn2)ccc1N1CCCC1. The van der Waals surface area contributed by atoms with Gasteiger partial charge in [-0.25, -0.2) is 9.37 Å². The number of nitrogens with zero attached hydrogens (tertiary/aromatic N) is 2. The molecule has 1 aliphatic heterocycles. The largest absolute Gasteiger partial charge is 0.369 e. The van der Waals surface area contributed by atoms with Crippen LogP contribution in [0.3, 0.4) is 0 Å². The van der Waals surface area contributed by atoms with Gasteiger partial charge < -0.3 is 4.90 Å². The molecule has 1 saturated heterocycles. The van der Waals surface area contributed by atoms with Crippen molar-refractivity contribution in [3.8, 4) is 11.3 Å². The third-order valence-electron chi connectivity index (χ3n) is 3.12. The summed E-state index contributed by atoms with van der Waals surface area (Å²) in [5.41, 5.74) is 4.19. The van der Waals surface area contributed by atoms with Crippen LogP contribution in [0.25, 0.3) is 11.3 Å². The van der Waals surface area contributed by atoms with Crippen LogP contribution in [-0.2, 0) is 0 Å². The quantitative estimate of drug-likeness (QED) is 0.808. The van der Waals surface area contributed by atoms with Crippen LogP contribution >= 0.6 is 11.3 Å². The molecule has 4 heteroatoms. The van der Waals surface area contributed by atoms with Crippen molar-refractivity contribution in [2.75, 3.05) is 18.0 Å². The first kappa shape index (κ1) is 10.7. The fourth-order valence-electron chi connectivity index (χ4n) is 2.24. The minimum Gasteiger partial charge on any atom is -0.369 e. The number of benzene rings is 1. The van der Waals surface area contributed by atoms with Crippen LogP contribution in [0.5, 0.6) is 0 Å². The lowest BCUT2D eigenvalue weighted by Gasteiger charge is -2.18. The molecule has 0 N–H and O–H groups in total. The van der Waals surface area contributed by atoms with Gasteiger partial charge in [0.1, 0.15) is 5.82 Å². The van der Waals surface area contributed by atoms with E-state index in [1.807, 2.05) is 17.5 Å². The van der Waals surface area contributed by atoms with E-state index in [1.165, 1.54) is 11.3 Å².